The fraction of sp³-hybridized carbons (Fsp3) is 0.200. The van der Waals surface area contributed by atoms with Gasteiger partial charge in [-0.2, -0.15) is 0 Å². The fourth-order valence-corrected chi connectivity index (χ4v) is 9.63. The number of Topliss-reactive ketones (excluding diaryl/α,β-unsaturated/α-hetero) is 1. The van der Waals surface area contributed by atoms with Gasteiger partial charge in [0, 0.05) is 39.7 Å². The fourth-order valence-electron chi connectivity index (χ4n) is 9.08. The maximum Gasteiger partial charge on any atom is 0.339 e. The maximum atomic E-state index is 11.4. The number of para-hydroxylation sites is 4. The van der Waals surface area contributed by atoms with Crippen LogP contribution in [0, 0.1) is 10.1 Å². The highest BCUT2D eigenvalue weighted by Gasteiger charge is 2.20. The van der Waals surface area contributed by atoms with Gasteiger partial charge in [-0.25, -0.2) is 4.79 Å². The number of anilines is 2. The Morgan fingerprint density at radius 1 is 0.475 bits per heavy atom. The Morgan fingerprint density at radius 2 is 0.871 bits per heavy atom. The number of halogens is 1. The predicted octanol–water partition coefficient (Wildman–Crippen LogP) is 12.1. The number of hydrogen-bond donors (Lipinski definition) is 5. The molecule has 0 unspecified atom stereocenters. The Kier molecular flexibility index (Phi) is 27.7. The van der Waals surface area contributed by atoms with Crippen LogP contribution in [0.25, 0.3) is 65.8 Å². The van der Waals surface area contributed by atoms with Gasteiger partial charge in [-0.3, -0.25) is 38.9 Å². The summed E-state index contributed by atoms with van der Waals surface area (Å²) in [5.74, 6) is -2.39. The van der Waals surface area contributed by atoms with E-state index in [9.17, 15) is 48.8 Å². The van der Waals surface area contributed by atoms with E-state index >= 15 is 0 Å². The molecule has 0 aliphatic carbocycles. The average Bonchev–Trinajstić information content (AvgIpc) is 1.69. The lowest BCUT2D eigenvalue weighted by molar-refractivity contribution is -0.384. The number of aromatic nitrogens is 5. The number of nitro groups is 1. The molecule has 7 aromatic carbocycles. The van der Waals surface area contributed by atoms with Crippen molar-refractivity contribution in [3.05, 3.63) is 211 Å². The van der Waals surface area contributed by atoms with Gasteiger partial charge in [0.05, 0.1) is 95.7 Å². The number of hydrogen-bond acceptors (Lipinski definition) is 28. The number of nitrogens with two attached hydrogens (primary N) is 2. The predicted molar refractivity (Wildman–Crippen MR) is 368 cm³/mol. The van der Waals surface area contributed by atoms with Crippen LogP contribution in [0.1, 0.15) is 73.4 Å². The molecule has 0 bridgehead atoms. The van der Waals surface area contributed by atoms with E-state index in [2.05, 4.69) is 41.7 Å². The molecule has 7 N–H and O–H groups in total. The summed E-state index contributed by atoms with van der Waals surface area (Å²) in [7, 11) is 0. The molecule has 101 heavy (non-hydrogen) atoms. The van der Waals surface area contributed by atoms with Crippen LogP contribution in [0.4, 0.5) is 17.1 Å². The van der Waals surface area contributed by atoms with Gasteiger partial charge in [-0.15, -0.1) is 0 Å². The van der Waals surface area contributed by atoms with Crippen LogP contribution in [-0.2, 0) is 75.0 Å². The van der Waals surface area contributed by atoms with Crippen LogP contribution >= 0.6 is 15.9 Å². The first-order valence-electron chi connectivity index (χ1n) is 30.5. The molecule has 524 valence electrons. The minimum Gasteiger partial charge on any atom is -0.507 e. The molecule has 13 rings (SSSR count). The van der Waals surface area contributed by atoms with Crippen molar-refractivity contribution in [3.8, 4) is 11.5 Å². The van der Waals surface area contributed by atoms with Gasteiger partial charge in [-0.05, 0) is 135 Å². The first-order chi connectivity index (χ1) is 48.5. The van der Waals surface area contributed by atoms with Gasteiger partial charge >= 0.3 is 35.5 Å². The molecule has 6 heterocycles. The molecule has 0 fully saturated rings. The molecule has 0 saturated heterocycles. The molecule has 30 nitrogen and oxygen atoms in total. The maximum absolute atomic E-state index is 11.4. The van der Waals surface area contributed by atoms with Crippen molar-refractivity contribution in [1.29, 1.82) is 0 Å². The van der Waals surface area contributed by atoms with E-state index in [1.165, 1.54) is 31.2 Å². The lowest BCUT2D eigenvalue weighted by atomic mass is 10.1. The quantitative estimate of drug-likeness (QED) is 0.0114. The summed E-state index contributed by atoms with van der Waals surface area (Å²) in [6, 6.07) is 41.7. The van der Waals surface area contributed by atoms with Gasteiger partial charge in [0.15, 0.2) is 33.7 Å². The largest absolute Gasteiger partial charge is 0.507 e. The monoisotopic (exact) mass is 1450 g/mol. The zero-order chi connectivity index (χ0) is 73.1. The Hall–Kier alpha value is -12.8. The van der Waals surface area contributed by atoms with Crippen molar-refractivity contribution in [2.45, 2.75) is 66.7 Å². The third kappa shape index (κ3) is 21.6. The summed E-state index contributed by atoms with van der Waals surface area (Å²) in [6.07, 6.45) is 0.164. The van der Waals surface area contributed by atoms with Crippen molar-refractivity contribution in [1.82, 2.24) is 25.8 Å². The van der Waals surface area contributed by atoms with E-state index in [0.717, 1.165) is 27.6 Å². The Labute approximate surface area is 579 Å². The van der Waals surface area contributed by atoms with Crippen molar-refractivity contribution in [2.24, 2.45) is 0 Å². The number of nitrogens with zero attached hydrogens (tertiary/aromatic N) is 6. The zero-order valence-electron chi connectivity index (χ0n) is 54.6. The third-order valence-electron chi connectivity index (χ3n) is 13.6. The van der Waals surface area contributed by atoms with Crippen LogP contribution in [-0.4, -0.2) is 108 Å². The summed E-state index contributed by atoms with van der Waals surface area (Å²) in [6.45, 7) is 9.78. The number of phenols is 1. The molecule has 0 radical (unpaired) electrons. The highest BCUT2D eigenvalue weighted by Crippen LogP contribution is 2.33. The van der Waals surface area contributed by atoms with E-state index in [-0.39, 0.29) is 79.6 Å². The topological polar surface area (TPSA) is 456 Å². The van der Waals surface area contributed by atoms with Crippen LogP contribution < -0.4 is 17.1 Å². The molecular formula is C70H65BrN8O22. The second-order valence-electron chi connectivity index (χ2n) is 20.7. The SMILES string of the molecule is CC(=O)c1ccccc1O.CCOC(=O)Cc1noc2ccc(N)c(Br)c12.CCOC(=O)Cc1noc2ccc(N)cc12.CCOC(=O)Cc1noc2ccc([N+](=O)[O-])cc12.CCOC(=O)Cc1noc2ccccc12.O=C(O)Cc1noc2ccccc12.O=c1cc(O)c2ccccc2o1. The van der Waals surface area contributed by atoms with Crippen molar-refractivity contribution >= 4 is 134 Å². The number of aliphatic carboxylic acids is 1. The average molecular weight is 1450 g/mol. The summed E-state index contributed by atoms with van der Waals surface area (Å²) in [5, 5.41) is 60.6. The zero-order valence-corrected chi connectivity index (χ0v) is 56.2. The number of nitro benzene ring substituents is 1. The smallest absolute Gasteiger partial charge is 0.339 e. The Bertz CT molecular complexity index is 5090. The number of carbonyl (C=O) groups is 6. The number of ketones is 1. The van der Waals surface area contributed by atoms with Crippen molar-refractivity contribution in [2.75, 3.05) is 37.9 Å². The summed E-state index contributed by atoms with van der Waals surface area (Å²) < 4.78 is 50.0. The molecule has 0 amide bonds. The van der Waals surface area contributed by atoms with Crippen LogP contribution in [0.2, 0.25) is 0 Å². The standard InChI is InChI=1S/C11H11BrN2O3.C11H10N2O5.C11H12N2O3.C11H11NO3.C9H7NO3.C9H6O3.C8H8O2/c1-2-16-9(15)5-7-10-8(17-14-7)4-3-6(13)11(10)12;1-2-17-11(14)6-9-8-5-7(13(15)16)3-4-10(8)18-12-9;1-2-15-11(14)6-9-8-5-7(12)3-4-10(8)16-13-9;1-2-14-11(13)7-9-8-5-3-4-6-10(8)15-12-9;11-9(12)5-7-6-3-1-2-4-8(6)13-10-7;10-7-5-9(11)12-8-4-2-1-3-6(7)8;1-6(9)7-4-2-3-5-8(7)10/h3-4H,2,5,13H2,1H3;3-5H,2,6H2,1H3;3-5H,2,6,12H2,1H3;3-6H,2,7H2,1H3;1-4H,5H2,(H,11,12);1-5,10H;2-5,10H,1H3. The van der Waals surface area contributed by atoms with Gasteiger partial charge in [0.2, 0.25) is 0 Å². The third-order valence-corrected chi connectivity index (χ3v) is 14.4. The van der Waals surface area contributed by atoms with E-state index < -0.39 is 22.5 Å². The van der Waals surface area contributed by atoms with Gasteiger partial charge in [0.25, 0.3) is 5.69 Å². The summed E-state index contributed by atoms with van der Waals surface area (Å²) in [5.41, 5.74) is 18.2. The van der Waals surface area contributed by atoms with Crippen molar-refractivity contribution < 1.29 is 95.0 Å². The number of aromatic hydroxyl groups is 2. The molecule has 0 saturated carbocycles. The summed E-state index contributed by atoms with van der Waals surface area (Å²) in [4.78, 5) is 87.4. The summed E-state index contributed by atoms with van der Waals surface area (Å²) >= 11 is 3.36. The molecule has 13 aromatic rings. The molecule has 6 aromatic heterocycles. The van der Waals surface area contributed by atoms with E-state index in [1.807, 2.05) is 36.4 Å². The normalized spacial score (nSPS) is 10.4. The first-order valence-corrected chi connectivity index (χ1v) is 31.3. The van der Waals surface area contributed by atoms with E-state index in [1.54, 1.807) is 113 Å². The molecule has 0 spiro atoms. The highest BCUT2D eigenvalue weighted by atomic mass is 79.9. The lowest BCUT2D eigenvalue weighted by Gasteiger charge is -2.01. The number of carboxylic acid groups (broad SMARTS) is 1. The number of carbonyl (C=O) groups excluding carboxylic acids is 5. The van der Waals surface area contributed by atoms with Crippen LogP contribution in [0.5, 0.6) is 11.5 Å². The molecular weight excluding hydrogens is 1380 g/mol. The lowest BCUT2D eigenvalue weighted by Crippen LogP contribution is -2.08. The molecule has 31 heteroatoms. The molecule has 0 aliphatic heterocycles. The number of ether oxygens (including phenoxy) is 4. The number of nitrogen functional groups attached to an aromatic ring is 2. The Balaban J connectivity index is 0.000000166. The molecule has 0 aliphatic rings. The number of esters is 4. The van der Waals surface area contributed by atoms with Gasteiger partial charge in [-0.1, -0.05) is 74.3 Å². The van der Waals surface area contributed by atoms with Crippen LogP contribution in [0.3, 0.4) is 0 Å². The number of rotatable bonds is 16. The van der Waals surface area contributed by atoms with E-state index in [4.69, 9.17) is 67.7 Å². The Morgan fingerprint density at radius 3 is 1.35 bits per heavy atom. The van der Waals surface area contributed by atoms with Crippen LogP contribution in [0.15, 0.2) is 188 Å². The minimum absolute atomic E-state index is 0.0400. The number of carboxylic acids is 1. The van der Waals surface area contributed by atoms with Gasteiger partial charge in [0.1, 0.15) is 45.6 Å². The highest BCUT2D eigenvalue weighted by molar-refractivity contribution is 9.10. The number of benzene rings is 7. The number of fused-ring (bicyclic) bond motifs is 6. The second kappa shape index (κ2) is 37.1. The minimum atomic E-state index is -0.904. The number of phenolic OH excluding ortho intramolecular Hbond substituents is 1. The number of non-ortho nitro benzene ring substituents is 1. The second-order valence-corrected chi connectivity index (χ2v) is 21.5. The molecule has 0 atom stereocenters. The van der Waals surface area contributed by atoms with Gasteiger partial charge < -0.3 is 72.8 Å². The van der Waals surface area contributed by atoms with Crippen molar-refractivity contribution in [3.63, 3.8) is 0 Å². The van der Waals surface area contributed by atoms with E-state index in [0.29, 0.717) is 114 Å². The first kappa shape index (κ1) is 75.6.